The van der Waals surface area contributed by atoms with Crippen LogP contribution in [-0.2, 0) is 10.0 Å². The third-order valence-corrected chi connectivity index (χ3v) is 6.39. The van der Waals surface area contributed by atoms with Crippen LogP contribution in [-0.4, -0.2) is 34.5 Å². The average molecular weight is 325 g/mol. The lowest BCUT2D eigenvalue weighted by atomic mass is 10.1. The highest BCUT2D eigenvalue weighted by atomic mass is 32.2. The van der Waals surface area contributed by atoms with Crippen LogP contribution in [0.5, 0.6) is 0 Å². The molecule has 21 heavy (non-hydrogen) atoms. The first kappa shape index (κ1) is 15.8. The number of hydrogen-bond donors (Lipinski definition) is 0. The average Bonchev–Trinajstić information content (AvgIpc) is 2.85. The molecule has 5 nitrogen and oxygen atoms in total. The van der Waals surface area contributed by atoms with E-state index in [-0.39, 0.29) is 4.21 Å². The molecular weight excluding hydrogens is 306 g/mol. The summed E-state index contributed by atoms with van der Waals surface area (Å²) >= 11 is 1.18. The molecule has 0 saturated carbocycles. The Morgan fingerprint density at radius 3 is 2.33 bits per heavy atom. The first-order chi connectivity index (χ1) is 9.73. The maximum Gasteiger partial charge on any atom is 0.275 e. The molecule has 2 aromatic rings. The van der Waals surface area contributed by atoms with E-state index in [0.717, 1.165) is 16.3 Å². The number of aromatic nitrogens is 1. The van der Waals surface area contributed by atoms with Gasteiger partial charge in [-0.1, -0.05) is 6.07 Å². The lowest BCUT2D eigenvalue weighted by Gasteiger charge is -2.22. The summed E-state index contributed by atoms with van der Waals surface area (Å²) in [6.07, 6.45) is 1.41. The van der Waals surface area contributed by atoms with E-state index in [1.807, 2.05) is 44.1 Å². The van der Waals surface area contributed by atoms with Crippen molar-refractivity contribution in [3.63, 3.8) is 0 Å². The van der Waals surface area contributed by atoms with Crippen molar-refractivity contribution in [2.24, 2.45) is 0 Å². The van der Waals surface area contributed by atoms with E-state index in [2.05, 4.69) is 4.98 Å². The molecule has 1 aromatic carbocycles. The van der Waals surface area contributed by atoms with E-state index in [0.29, 0.717) is 5.69 Å². The Kier molecular flexibility index (Phi) is 4.25. The summed E-state index contributed by atoms with van der Waals surface area (Å²) in [5, 5.41) is 0.736. The van der Waals surface area contributed by atoms with E-state index in [1.54, 1.807) is 14.0 Å². The number of nitrogens with zero attached hydrogens (tertiary/aromatic N) is 3. The van der Waals surface area contributed by atoms with Crippen molar-refractivity contribution in [2.45, 2.75) is 18.1 Å². The molecule has 0 fully saturated rings. The molecule has 0 spiro atoms. The molecule has 0 radical (unpaired) electrons. The van der Waals surface area contributed by atoms with Crippen LogP contribution in [0.15, 0.2) is 28.6 Å². The molecule has 0 atom stereocenters. The highest BCUT2D eigenvalue weighted by Crippen LogP contribution is 2.29. The summed E-state index contributed by atoms with van der Waals surface area (Å²) in [5.74, 6) is 0. The van der Waals surface area contributed by atoms with Crippen LogP contribution >= 0.6 is 11.3 Å². The monoisotopic (exact) mass is 325 g/mol. The number of thiazole rings is 1. The van der Waals surface area contributed by atoms with Crippen LogP contribution in [0.1, 0.15) is 10.6 Å². The number of aryl methyl sites for hydroxylation is 2. The van der Waals surface area contributed by atoms with E-state index in [1.165, 1.54) is 21.8 Å². The molecule has 0 aliphatic carbocycles. The van der Waals surface area contributed by atoms with Gasteiger partial charge in [0.05, 0.1) is 16.9 Å². The smallest absolute Gasteiger partial charge is 0.275 e. The van der Waals surface area contributed by atoms with Gasteiger partial charge in [0.2, 0.25) is 0 Å². The molecule has 0 bridgehead atoms. The number of sulfonamides is 1. The van der Waals surface area contributed by atoms with E-state index >= 15 is 0 Å². The van der Waals surface area contributed by atoms with Gasteiger partial charge in [-0.2, -0.15) is 0 Å². The topological polar surface area (TPSA) is 53.5 Å². The van der Waals surface area contributed by atoms with Crippen molar-refractivity contribution in [1.82, 2.24) is 4.98 Å². The van der Waals surface area contributed by atoms with Crippen LogP contribution < -0.4 is 9.21 Å². The van der Waals surface area contributed by atoms with Gasteiger partial charge in [0.25, 0.3) is 10.0 Å². The van der Waals surface area contributed by atoms with Crippen LogP contribution in [0.25, 0.3) is 0 Å². The van der Waals surface area contributed by atoms with Gasteiger partial charge in [0, 0.05) is 26.8 Å². The number of hydrogen-bond acceptors (Lipinski definition) is 5. The molecule has 1 heterocycles. The zero-order valence-corrected chi connectivity index (χ0v) is 14.4. The zero-order valence-electron chi connectivity index (χ0n) is 12.8. The highest BCUT2D eigenvalue weighted by Gasteiger charge is 2.24. The molecule has 1 aromatic heterocycles. The Hall–Kier alpha value is -1.60. The minimum atomic E-state index is -3.56. The fourth-order valence-corrected chi connectivity index (χ4v) is 4.48. The quantitative estimate of drug-likeness (QED) is 0.867. The molecule has 0 saturated heterocycles. The fourth-order valence-electron chi connectivity index (χ4n) is 2.01. The lowest BCUT2D eigenvalue weighted by Crippen LogP contribution is -2.26. The predicted molar refractivity (Wildman–Crippen MR) is 87.9 cm³/mol. The molecule has 0 aliphatic rings. The number of benzene rings is 1. The number of anilines is 2. The van der Waals surface area contributed by atoms with Gasteiger partial charge in [0.15, 0.2) is 4.21 Å². The van der Waals surface area contributed by atoms with Gasteiger partial charge in [-0.05, 0) is 31.5 Å². The fraction of sp³-hybridized carbons (Fsp3) is 0.357. The summed E-state index contributed by atoms with van der Waals surface area (Å²) in [7, 11) is 1.88. The Balaban J connectivity index is 2.44. The molecule has 7 heteroatoms. The van der Waals surface area contributed by atoms with Gasteiger partial charge < -0.3 is 4.90 Å². The van der Waals surface area contributed by atoms with Gasteiger partial charge in [0.1, 0.15) is 0 Å². The second-order valence-electron chi connectivity index (χ2n) is 5.04. The Morgan fingerprint density at radius 2 is 1.81 bits per heavy atom. The lowest BCUT2D eigenvalue weighted by molar-refractivity contribution is 0.596. The number of rotatable bonds is 4. The minimum Gasteiger partial charge on any atom is -0.377 e. The summed E-state index contributed by atoms with van der Waals surface area (Å²) in [6.45, 7) is 3.79. The first-order valence-electron chi connectivity index (χ1n) is 6.43. The summed E-state index contributed by atoms with van der Waals surface area (Å²) in [6, 6.07) is 5.61. The Labute approximate surface area is 129 Å². The van der Waals surface area contributed by atoms with E-state index in [4.69, 9.17) is 0 Å². The first-order valence-corrected chi connectivity index (χ1v) is 8.68. The van der Waals surface area contributed by atoms with E-state index in [9.17, 15) is 8.42 Å². The van der Waals surface area contributed by atoms with Crippen LogP contribution in [0, 0.1) is 13.8 Å². The largest absolute Gasteiger partial charge is 0.377 e. The van der Waals surface area contributed by atoms with Crippen LogP contribution in [0.4, 0.5) is 11.4 Å². The van der Waals surface area contributed by atoms with Crippen molar-refractivity contribution in [3.8, 4) is 0 Å². The van der Waals surface area contributed by atoms with Gasteiger partial charge in [-0.3, -0.25) is 4.31 Å². The van der Waals surface area contributed by atoms with Crippen molar-refractivity contribution < 1.29 is 8.42 Å². The van der Waals surface area contributed by atoms with Gasteiger partial charge in [-0.25, -0.2) is 13.4 Å². The molecule has 114 valence electrons. The predicted octanol–water partition coefficient (Wildman–Crippen LogP) is 2.65. The molecule has 0 aliphatic heterocycles. The second kappa shape index (κ2) is 5.65. The van der Waals surface area contributed by atoms with Crippen molar-refractivity contribution >= 4 is 32.7 Å². The summed E-state index contributed by atoms with van der Waals surface area (Å²) in [5.41, 5.74) is 2.73. The summed E-state index contributed by atoms with van der Waals surface area (Å²) in [4.78, 5) is 5.99. The van der Waals surface area contributed by atoms with Crippen molar-refractivity contribution in [1.29, 1.82) is 0 Å². The molecule has 2 rings (SSSR count). The van der Waals surface area contributed by atoms with Crippen molar-refractivity contribution in [2.75, 3.05) is 30.3 Å². The van der Waals surface area contributed by atoms with E-state index < -0.39 is 10.0 Å². The van der Waals surface area contributed by atoms with Crippen LogP contribution in [0.3, 0.4) is 0 Å². The maximum absolute atomic E-state index is 12.6. The van der Waals surface area contributed by atoms with Crippen LogP contribution in [0.2, 0.25) is 0 Å². The second-order valence-corrected chi connectivity index (χ2v) is 8.47. The van der Waals surface area contributed by atoms with Gasteiger partial charge in [-0.15, -0.1) is 11.3 Å². The molecule has 0 amide bonds. The van der Waals surface area contributed by atoms with Crippen molar-refractivity contribution in [3.05, 3.63) is 35.0 Å². The Bertz CT molecular complexity index is 751. The normalized spacial score (nSPS) is 11.5. The third kappa shape index (κ3) is 3.03. The Morgan fingerprint density at radius 1 is 1.14 bits per heavy atom. The SMILES string of the molecule is Cc1ncc(S(=O)(=O)N(C)c2ccc(C)c(N(C)C)c2)s1. The summed E-state index contributed by atoms with van der Waals surface area (Å²) < 4.78 is 26.7. The molecular formula is C14H19N3O2S2. The maximum atomic E-state index is 12.6. The highest BCUT2D eigenvalue weighted by molar-refractivity contribution is 7.94. The van der Waals surface area contributed by atoms with Gasteiger partial charge >= 0.3 is 0 Å². The molecule has 0 unspecified atom stereocenters. The molecule has 0 N–H and O–H groups in total. The third-order valence-electron chi connectivity index (χ3n) is 3.25. The standard InChI is InChI=1S/C14H19N3O2S2/c1-10-6-7-12(8-13(10)16(3)4)17(5)21(18,19)14-9-15-11(2)20-14/h6-9H,1-5H3. The minimum absolute atomic E-state index is 0.259. The zero-order chi connectivity index (χ0) is 15.8.